The number of amides is 2. The van der Waals surface area contributed by atoms with Crippen molar-refractivity contribution in [2.45, 2.75) is 37.4 Å². The molecule has 3 aromatic carbocycles. The fourth-order valence-electron chi connectivity index (χ4n) is 4.94. The molecule has 0 aliphatic carbocycles. The van der Waals surface area contributed by atoms with Gasteiger partial charge in [-0.15, -0.1) is 10.2 Å². The number of carbonyl (C=O) groups excluding carboxylic acids is 2. The Balaban J connectivity index is 1.15. The zero-order chi connectivity index (χ0) is 27.9. The summed E-state index contributed by atoms with van der Waals surface area (Å²) in [5.41, 5.74) is 2.24. The van der Waals surface area contributed by atoms with Crippen molar-refractivity contribution in [1.82, 2.24) is 24.6 Å². The SMILES string of the molecule is CC1CN(C(=O)CCCSc2nnc(Cc3ccccc3)n2-c2ccccc2)CCN1C(=O)c1ccccc1F. The van der Waals surface area contributed by atoms with E-state index in [4.69, 9.17) is 0 Å². The van der Waals surface area contributed by atoms with Gasteiger partial charge in [0.1, 0.15) is 11.6 Å². The Morgan fingerprint density at radius 2 is 1.62 bits per heavy atom. The maximum absolute atomic E-state index is 14.1. The van der Waals surface area contributed by atoms with Crippen molar-refractivity contribution in [3.63, 3.8) is 0 Å². The molecule has 206 valence electrons. The van der Waals surface area contributed by atoms with Gasteiger partial charge < -0.3 is 9.80 Å². The summed E-state index contributed by atoms with van der Waals surface area (Å²) in [6.45, 7) is 3.18. The van der Waals surface area contributed by atoms with Gasteiger partial charge in [-0.3, -0.25) is 14.2 Å². The summed E-state index contributed by atoms with van der Waals surface area (Å²) in [7, 11) is 0. The predicted octanol–water partition coefficient (Wildman–Crippen LogP) is 5.24. The molecule has 4 aromatic rings. The third-order valence-corrected chi connectivity index (χ3v) is 8.05. The first-order chi connectivity index (χ1) is 19.5. The van der Waals surface area contributed by atoms with E-state index in [-0.39, 0.29) is 23.4 Å². The fraction of sp³-hybridized carbons (Fsp3) is 0.290. The normalized spacial score (nSPS) is 15.3. The molecule has 0 saturated carbocycles. The number of nitrogens with zero attached hydrogens (tertiary/aromatic N) is 5. The predicted molar refractivity (Wildman–Crippen MR) is 154 cm³/mol. The first kappa shape index (κ1) is 27.6. The lowest BCUT2D eigenvalue weighted by molar-refractivity contribution is -0.133. The van der Waals surface area contributed by atoms with Crippen LogP contribution in [-0.2, 0) is 11.2 Å². The van der Waals surface area contributed by atoms with E-state index >= 15 is 0 Å². The molecule has 1 saturated heterocycles. The average molecular weight is 558 g/mol. The molecule has 0 bridgehead atoms. The number of carbonyl (C=O) groups is 2. The molecule has 1 atom stereocenters. The highest BCUT2D eigenvalue weighted by atomic mass is 32.2. The molecule has 0 radical (unpaired) electrons. The van der Waals surface area contributed by atoms with Crippen molar-refractivity contribution in [3.05, 3.63) is 108 Å². The molecule has 0 N–H and O–H groups in total. The van der Waals surface area contributed by atoms with E-state index in [2.05, 4.69) is 26.9 Å². The highest BCUT2D eigenvalue weighted by Gasteiger charge is 2.31. The van der Waals surface area contributed by atoms with Gasteiger partial charge in [0.15, 0.2) is 5.16 Å². The smallest absolute Gasteiger partial charge is 0.257 e. The Labute approximate surface area is 238 Å². The van der Waals surface area contributed by atoms with E-state index in [9.17, 15) is 14.0 Å². The van der Waals surface area contributed by atoms with Crippen LogP contribution in [0.4, 0.5) is 4.39 Å². The molecule has 1 aliphatic rings. The molecule has 1 unspecified atom stereocenters. The number of hydrogen-bond donors (Lipinski definition) is 0. The minimum Gasteiger partial charge on any atom is -0.339 e. The van der Waals surface area contributed by atoms with E-state index in [1.807, 2.05) is 60.4 Å². The summed E-state index contributed by atoms with van der Waals surface area (Å²) < 4.78 is 16.2. The largest absolute Gasteiger partial charge is 0.339 e. The van der Waals surface area contributed by atoms with Gasteiger partial charge in [0.25, 0.3) is 5.91 Å². The van der Waals surface area contributed by atoms with Crippen molar-refractivity contribution < 1.29 is 14.0 Å². The summed E-state index contributed by atoms with van der Waals surface area (Å²) in [5, 5.41) is 9.77. The molecule has 5 rings (SSSR count). The number of rotatable bonds is 9. The molecule has 1 aromatic heterocycles. The van der Waals surface area contributed by atoms with Gasteiger partial charge in [-0.25, -0.2) is 4.39 Å². The van der Waals surface area contributed by atoms with Crippen LogP contribution in [0.3, 0.4) is 0 Å². The second kappa shape index (κ2) is 12.9. The van der Waals surface area contributed by atoms with Crippen molar-refractivity contribution in [1.29, 1.82) is 0 Å². The van der Waals surface area contributed by atoms with Gasteiger partial charge in [-0.2, -0.15) is 0 Å². The third kappa shape index (κ3) is 6.42. The molecule has 40 heavy (non-hydrogen) atoms. The molecule has 9 heteroatoms. The second-order valence-electron chi connectivity index (χ2n) is 9.85. The van der Waals surface area contributed by atoms with E-state index in [0.29, 0.717) is 38.9 Å². The fourth-order valence-corrected chi connectivity index (χ4v) is 5.85. The molecular weight excluding hydrogens is 525 g/mol. The first-order valence-corrected chi connectivity index (χ1v) is 14.5. The molecule has 0 spiro atoms. The topological polar surface area (TPSA) is 71.3 Å². The molecule has 2 amide bonds. The number of hydrogen-bond acceptors (Lipinski definition) is 5. The Hall–Kier alpha value is -3.98. The van der Waals surface area contributed by atoms with E-state index in [1.165, 1.54) is 17.7 Å². The Morgan fingerprint density at radius 3 is 2.35 bits per heavy atom. The summed E-state index contributed by atoms with van der Waals surface area (Å²) in [4.78, 5) is 29.3. The first-order valence-electron chi connectivity index (χ1n) is 13.5. The van der Waals surface area contributed by atoms with Crippen LogP contribution in [0.5, 0.6) is 0 Å². The number of thioether (sulfide) groups is 1. The quantitative estimate of drug-likeness (QED) is 0.208. The van der Waals surface area contributed by atoms with Crippen molar-refractivity contribution >= 4 is 23.6 Å². The van der Waals surface area contributed by atoms with Crippen LogP contribution in [0, 0.1) is 5.82 Å². The van der Waals surface area contributed by atoms with Gasteiger partial charge in [-0.05, 0) is 43.2 Å². The van der Waals surface area contributed by atoms with Crippen LogP contribution in [0.1, 0.15) is 41.5 Å². The summed E-state index contributed by atoms with van der Waals surface area (Å²) in [5.74, 6) is 0.810. The summed E-state index contributed by atoms with van der Waals surface area (Å²) in [6.07, 6.45) is 1.78. The summed E-state index contributed by atoms with van der Waals surface area (Å²) >= 11 is 1.60. The number of benzene rings is 3. The second-order valence-corrected chi connectivity index (χ2v) is 10.9. The number of piperazine rings is 1. The van der Waals surface area contributed by atoms with E-state index in [1.54, 1.807) is 28.8 Å². The zero-order valence-corrected chi connectivity index (χ0v) is 23.3. The molecule has 1 fully saturated rings. The van der Waals surface area contributed by atoms with Crippen LogP contribution < -0.4 is 0 Å². The van der Waals surface area contributed by atoms with E-state index in [0.717, 1.165) is 22.4 Å². The lowest BCUT2D eigenvalue weighted by Gasteiger charge is -2.40. The highest BCUT2D eigenvalue weighted by Crippen LogP contribution is 2.25. The average Bonchev–Trinajstić information content (AvgIpc) is 3.38. The van der Waals surface area contributed by atoms with Gasteiger partial charge >= 0.3 is 0 Å². The van der Waals surface area contributed by atoms with Crippen molar-refractivity contribution in [3.8, 4) is 5.69 Å². The van der Waals surface area contributed by atoms with Gasteiger partial charge in [0.2, 0.25) is 5.91 Å². The van der Waals surface area contributed by atoms with Gasteiger partial charge in [0.05, 0.1) is 5.56 Å². The molecule has 2 heterocycles. The molecule has 1 aliphatic heterocycles. The Morgan fingerprint density at radius 1 is 0.925 bits per heavy atom. The van der Waals surface area contributed by atoms with Crippen molar-refractivity contribution in [2.75, 3.05) is 25.4 Å². The van der Waals surface area contributed by atoms with Crippen LogP contribution in [0.2, 0.25) is 0 Å². The standard InChI is InChI=1S/C31H32FN5O2S/c1-23-22-35(18-19-36(23)30(39)26-15-8-9-16-27(26)32)29(38)17-10-20-40-31-34-33-28(21-24-11-4-2-5-12-24)37(31)25-13-6-3-7-14-25/h2-9,11-16,23H,10,17-22H2,1H3. The third-order valence-electron chi connectivity index (χ3n) is 7.03. The lowest BCUT2D eigenvalue weighted by atomic mass is 10.1. The Bertz CT molecular complexity index is 1450. The highest BCUT2D eigenvalue weighted by molar-refractivity contribution is 7.99. The maximum Gasteiger partial charge on any atom is 0.257 e. The van der Waals surface area contributed by atoms with Gasteiger partial charge in [0, 0.05) is 50.0 Å². The van der Waals surface area contributed by atoms with Crippen LogP contribution in [0.15, 0.2) is 90.1 Å². The summed E-state index contributed by atoms with van der Waals surface area (Å²) in [6, 6.07) is 26.1. The van der Waals surface area contributed by atoms with Crippen LogP contribution >= 0.6 is 11.8 Å². The van der Waals surface area contributed by atoms with Crippen LogP contribution in [-0.4, -0.2) is 67.8 Å². The van der Waals surface area contributed by atoms with E-state index < -0.39 is 5.82 Å². The minimum absolute atomic E-state index is 0.0692. The zero-order valence-electron chi connectivity index (χ0n) is 22.4. The van der Waals surface area contributed by atoms with Crippen LogP contribution in [0.25, 0.3) is 5.69 Å². The number of halogens is 1. The monoisotopic (exact) mass is 557 g/mol. The van der Waals surface area contributed by atoms with Crippen molar-refractivity contribution in [2.24, 2.45) is 0 Å². The number of para-hydroxylation sites is 1. The number of aromatic nitrogens is 3. The lowest BCUT2D eigenvalue weighted by Crippen LogP contribution is -2.55. The van der Waals surface area contributed by atoms with Gasteiger partial charge in [-0.1, -0.05) is 72.4 Å². The Kier molecular flexibility index (Phi) is 8.91. The molecular formula is C31H32FN5O2S. The minimum atomic E-state index is -0.522. The maximum atomic E-state index is 14.1. The molecule has 7 nitrogen and oxygen atoms in total.